The monoisotopic (exact) mass is 1130 g/mol. The topological polar surface area (TPSA) is 78.9 Å². The Morgan fingerprint density at radius 3 is 0.765 bits per heavy atom. The number of carbonyl (C=O) groups is 3. The molecule has 1 atom stereocenters. The Morgan fingerprint density at radius 2 is 0.481 bits per heavy atom. The zero-order chi connectivity index (χ0) is 58.5. The van der Waals surface area contributed by atoms with Gasteiger partial charge in [-0.05, 0) is 109 Å². The summed E-state index contributed by atoms with van der Waals surface area (Å²) in [6.45, 7) is 6.57. The Balaban J connectivity index is 4.30. The molecule has 470 valence electrons. The van der Waals surface area contributed by atoms with Gasteiger partial charge in [-0.3, -0.25) is 14.4 Å². The molecular weight excluding hydrogens is 997 g/mol. The van der Waals surface area contributed by atoms with Gasteiger partial charge in [0.25, 0.3) is 0 Å². The van der Waals surface area contributed by atoms with E-state index in [-0.39, 0.29) is 31.1 Å². The second-order valence-corrected chi connectivity index (χ2v) is 23.8. The molecule has 0 saturated heterocycles. The molecule has 0 fully saturated rings. The van der Waals surface area contributed by atoms with Crippen LogP contribution in [0, 0.1) is 0 Å². The van der Waals surface area contributed by atoms with Crippen LogP contribution < -0.4 is 0 Å². The molecule has 0 rings (SSSR count). The first kappa shape index (κ1) is 77.9. The average Bonchev–Trinajstić information content (AvgIpc) is 3.47. The minimum Gasteiger partial charge on any atom is -0.462 e. The summed E-state index contributed by atoms with van der Waals surface area (Å²) in [6.07, 6.45) is 90.6. The molecule has 0 radical (unpaired) electrons. The van der Waals surface area contributed by atoms with E-state index in [0.717, 1.165) is 83.5 Å². The number of ether oxygens (including phenoxy) is 3. The van der Waals surface area contributed by atoms with Crippen LogP contribution in [0.15, 0.2) is 72.9 Å². The van der Waals surface area contributed by atoms with E-state index in [2.05, 4.69) is 93.7 Å². The Morgan fingerprint density at radius 1 is 0.259 bits per heavy atom. The van der Waals surface area contributed by atoms with Gasteiger partial charge in [0.2, 0.25) is 0 Å². The number of unbranched alkanes of at least 4 members (excludes halogenated alkanes) is 42. The van der Waals surface area contributed by atoms with Gasteiger partial charge in [0.15, 0.2) is 6.10 Å². The molecule has 0 aromatic rings. The van der Waals surface area contributed by atoms with Crippen LogP contribution in [0.5, 0.6) is 0 Å². The molecule has 6 nitrogen and oxygen atoms in total. The Kier molecular flexibility index (Phi) is 66.6. The van der Waals surface area contributed by atoms with Crippen molar-refractivity contribution in [3.63, 3.8) is 0 Å². The normalized spacial score (nSPS) is 12.5. The summed E-state index contributed by atoms with van der Waals surface area (Å²) in [5.74, 6) is -0.859. The van der Waals surface area contributed by atoms with E-state index >= 15 is 0 Å². The van der Waals surface area contributed by atoms with Crippen LogP contribution in [0.3, 0.4) is 0 Å². The number of allylic oxidation sites excluding steroid dienone is 12. The van der Waals surface area contributed by atoms with E-state index in [1.807, 2.05) is 0 Å². The van der Waals surface area contributed by atoms with Crippen LogP contribution in [-0.4, -0.2) is 37.2 Å². The van der Waals surface area contributed by atoms with E-state index in [4.69, 9.17) is 14.2 Å². The summed E-state index contributed by atoms with van der Waals surface area (Å²) in [5.41, 5.74) is 0. The highest BCUT2D eigenvalue weighted by Gasteiger charge is 2.19. The molecule has 0 bridgehead atoms. The molecule has 0 aromatic carbocycles. The Labute approximate surface area is 503 Å². The first-order valence-electron chi connectivity index (χ1n) is 35.4. The summed E-state index contributed by atoms with van der Waals surface area (Å²) in [4.78, 5) is 38.5. The zero-order valence-electron chi connectivity index (χ0n) is 54.1. The molecule has 81 heavy (non-hydrogen) atoms. The number of hydrogen-bond acceptors (Lipinski definition) is 6. The molecule has 0 aliphatic carbocycles. The minimum absolute atomic E-state index is 0.0745. The lowest BCUT2D eigenvalue weighted by Crippen LogP contribution is -2.30. The third-order valence-electron chi connectivity index (χ3n) is 15.7. The van der Waals surface area contributed by atoms with Crippen molar-refractivity contribution in [1.29, 1.82) is 0 Å². The van der Waals surface area contributed by atoms with Crippen LogP contribution in [0.4, 0.5) is 0 Å². The van der Waals surface area contributed by atoms with Crippen LogP contribution in [0.1, 0.15) is 367 Å². The average molecular weight is 1130 g/mol. The van der Waals surface area contributed by atoms with Gasteiger partial charge in [0.05, 0.1) is 0 Å². The van der Waals surface area contributed by atoms with Crippen molar-refractivity contribution in [2.24, 2.45) is 0 Å². The third kappa shape index (κ3) is 67.5. The first-order chi connectivity index (χ1) is 40.0. The van der Waals surface area contributed by atoms with Crippen LogP contribution in [-0.2, 0) is 28.6 Å². The first-order valence-corrected chi connectivity index (χ1v) is 35.4. The molecule has 0 aromatic heterocycles. The lowest BCUT2D eigenvalue weighted by molar-refractivity contribution is -0.167. The number of hydrogen-bond donors (Lipinski definition) is 0. The molecule has 0 aliphatic heterocycles. The molecule has 0 heterocycles. The van der Waals surface area contributed by atoms with Crippen molar-refractivity contribution in [2.45, 2.75) is 374 Å². The highest BCUT2D eigenvalue weighted by molar-refractivity contribution is 5.71. The third-order valence-corrected chi connectivity index (χ3v) is 15.7. The van der Waals surface area contributed by atoms with Crippen LogP contribution in [0.2, 0.25) is 0 Å². The van der Waals surface area contributed by atoms with Crippen LogP contribution in [0.25, 0.3) is 0 Å². The van der Waals surface area contributed by atoms with Crippen molar-refractivity contribution in [3.8, 4) is 0 Å². The van der Waals surface area contributed by atoms with Gasteiger partial charge in [-0.15, -0.1) is 0 Å². The highest BCUT2D eigenvalue weighted by atomic mass is 16.6. The van der Waals surface area contributed by atoms with E-state index in [1.165, 1.54) is 244 Å². The quantitative estimate of drug-likeness (QED) is 0.0261. The minimum atomic E-state index is -0.779. The SMILES string of the molecule is CC/C=C\C/C=C\C/C=C\C/C=C\CCCCCCCCCCCCCCCCC(=O)OCC(COC(=O)CCCCCCCCC/C=C\CCCCCCCC)OC(=O)CCCCCCCCCCC/C=C\CCCCCCCC. The predicted octanol–water partition coefficient (Wildman–Crippen LogP) is 24.4. The Hall–Kier alpha value is -3.15. The van der Waals surface area contributed by atoms with Crippen molar-refractivity contribution in [2.75, 3.05) is 13.2 Å². The fraction of sp³-hybridized carbons (Fsp3) is 0.800. The van der Waals surface area contributed by atoms with Crippen molar-refractivity contribution in [3.05, 3.63) is 72.9 Å². The molecule has 6 heteroatoms. The van der Waals surface area contributed by atoms with Crippen molar-refractivity contribution >= 4 is 17.9 Å². The Bertz CT molecular complexity index is 1490. The van der Waals surface area contributed by atoms with Gasteiger partial charge in [0, 0.05) is 19.3 Å². The van der Waals surface area contributed by atoms with Gasteiger partial charge in [-0.25, -0.2) is 0 Å². The molecule has 0 saturated carbocycles. The number of esters is 3. The van der Waals surface area contributed by atoms with Crippen molar-refractivity contribution in [1.82, 2.24) is 0 Å². The predicted molar refractivity (Wildman–Crippen MR) is 353 cm³/mol. The van der Waals surface area contributed by atoms with Gasteiger partial charge < -0.3 is 14.2 Å². The van der Waals surface area contributed by atoms with E-state index in [0.29, 0.717) is 19.3 Å². The van der Waals surface area contributed by atoms with E-state index in [9.17, 15) is 14.4 Å². The molecule has 0 aliphatic rings. The number of rotatable bonds is 65. The molecule has 0 spiro atoms. The molecular formula is C75H134O6. The fourth-order valence-electron chi connectivity index (χ4n) is 10.4. The lowest BCUT2D eigenvalue weighted by Gasteiger charge is -2.18. The zero-order valence-corrected chi connectivity index (χ0v) is 54.1. The molecule has 0 amide bonds. The summed E-state index contributed by atoms with van der Waals surface area (Å²) in [7, 11) is 0. The lowest BCUT2D eigenvalue weighted by atomic mass is 10.0. The second kappa shape index (κ2) is 69.3. The summed E-state index contributed by atoms with van der Waals surface area (Å²) in [6, 6.07) is 0. The highest BCUT2D eigenvalue weighted by Crippen LogP contribution is 2.17. The van der Waals surface area contributed by atoms with Gasteiger partial charge in [-0.1, -0.05) is 312 Å². The van der Waals surface area contributed by atoms with Gasteiger partial charge >= 0.3 is 17.9 Å². The summed E-state index contributed by atoms with van der Waals surface area (Å²) >= 11 is 0. The van der Waals surface area contributed by atoms with Gasteiger partial charge in [-0.2, -0.15) is 0 Å². The van der Waals surface area contributed by atoms with Crippen molar-refractivity contribution < 1.29 is 28.6 Å². The van der Waals surface area contributed by atoms with Crippen LogP contribution >= 0.6 is 0 Å². The maximum atomic E-state index is 13.0. The maximum absolute atomic E-state index is 13.0. The summed E-state index contributed by atoms with van der Waals surface area (Å²) < 4.78 is 17.0. The number of carbonyl (C=O) groups excluding carboxylic acids is 3. The van der Waals surface area contributed by atoms with Gasteiger partial charge in [0.1, 0.15) is 13.2 Å². The maximum Gasteiger partial charge on any atom is 0.306 e. The van der Waals surface area contributed by atoms with E-state index < -0.39 is 6.10 Å². The standard InChI is InChI=1S/C75H134O6/c1-4-7-10-13-16-19-22-25-28-31-33-34-35-36-37-38-39-40-42-44-47-50-53-56-59-62-65-68-74(77)80-71-72(70-79-73(76)67-64-61-58-55-52-49-46-43-30-27-24-21-18-15-12-9-6-3)81-75(78)69-66-63-60-57-54-51-48-45-41-32-29-26-23-20-17-14-11-8-5-2/h7,10,16,19,25-30,33-34,72H,4-6,8-9,11-15,17-18,20-24,31-32,35-71H2,1-3H3/b10-7-,19-16-,28-25-,29-26-,30-27-,34-33-. The summed E-state index contributed by atoms with van der Waals surface area (Å²) in [5, 5.41) is 0. The fourth-order valence-corrected chi connectivity index (χ4v) is 10.4. The molecule has 0 N–H and O–H groups in total. The smallest absolute Gasteiger partial charge is 0.306 e. The van der Waals surface area contributed by atoms with E-state index in [1.54, 1.807) is 0 Å². The molecule has 1 unspecified atom stereocenters. The largest absolute Gasteiger partial charge is 0.462 e. The second-order valence-electron chi connectivity index (χ2n) is 23.8.